The number of likely N-dealkylation sites (tertiary alicyclic amines) is 2. The van der Waals surface area contributed by atoms with E-state index in [9.17, 15) is 14.4 Å². The van der Waals surface area contributed by atoms with Crippen LogP contribution in [0.5, 0.6) is 0 Å². The smallest absolute Gasteiger partial charge is 0.315 e. The Hall–Kier alpha value is -2.57. The van der Waals surface area contributed by atoms with Crippen LogP contribution in [0.2, 0.25) is 0 Å². The lowest BCUT2D eigenvalue weighted by molar-refractivity contribution is -0.136. The fraction of sp³-hybridized carbons (Fsp3) is 0.640. The van der Waals surface area contributed by atoms with E-state index >= 15 is 0 Å². The van der Waals surface area contributed by atoms with E-state index in [2.05, 4.69) is 10.6 Å². The Morgan fingerprint density at radius 1 is 0.938 bits per heavy atom. The first-order valence-corrected chi connectivity index (χ1v) is 12.2. The maximum Gasteiger partial charge on any atom is 0.315 e. The minimum Gasteiger partial charge on any atom is -0.342 e. The molecular formula is C25H36N4O3. The topological polar surface area (TPSA) is 81.8 Å². The molecule has 0 spiro atoms. The number of hydrogen-bond donors (Lipinski definition) is 2. The Morgan fingerprint density at radius 2 is 1.56 bits per heavy atom. The lowest BCUT2D eigenvalue weighted by Gasteiger charge is -2.34. The quantitative estimate of drug-likeness (QED) is 0.739. The average Bonchev–Trinajstić information content (AvgIpc) is 3.16. The summed E-state index contributed by atoms with van der Waals surface area (Å²) < 4.78 is 0. The third kappa shape index (κ3) is 5.81. The zero-order valence-corrected chi connectivity index (χ0v) is 19.1. The first-order chi connectivity index (χ1) is 15.5. The second-order valence-electron chi connectivity index (χ2n) is 9.71. The van der Waals surface area contributed by atoms with Gasteiger partial charge in [-0.15, -0.1) is 0 Å². The lowest BCUT2D eigenvalue weighted by Crippen LogP contribution is -2.51. The summed E-state index contributed by atoms with van der Waals surface area (Å²) in [6.45, 7) is 4.37. The summed E-state index contributed by atoms with van der Waals surface area (Å²) in [5.41, 5.74) is 2.29. The SMILES string of the molecule is Cc1ccc(CN2CC(C(=O)N3CCC(NC(=O)NC4CCCCC4)CC3)CC2=O)cc1. The monoisotopic (exact) mass is 440 g/mol. The standard InChI is InChI=1S/C25H36N4O3/c1-18-7-9-19(10-8-18)16-29-17-20(15-23(29)30)24(31)28-13-11-22(12-14-28)27-25(32)26-21-5-3-2-4-6-21/h7-10,20-22H,2-6,11-17H2,1H3,(H2,26,27,32). The van der Waals surface area contributed by atoms with Gasteiger partial charge in [-0.25, -0.2) is 4.79 Å². The van der Waals surface area contributed by atoms with Crippen molar-refractivity contribution < 1.29 is 14.4 Å². The molecule has 1 aromatic carbocycles. The zero-order chi connectivity index (χ0) is 22.5. The van der Waals surface area contributed by atoms with Crippen molar-refractivity contribution in [3.05, 3.63) is 35.4 Å². The maximum atomic E-state index is 13.0. The minimum absolute atomic E-state index is 0.0554. The van der Waals surface area contributed by atoms with Crippen LogP contribution in [0.25, 0.3) is 0 Å². The Morgan fingerprint density at radius 3 is 2.22 bits per heavy atom. The van der Waals surface area contributed by atoms with Crippen molar-refractivity contribution in [1.29, 1.82) is 0 Å². The molecule has 1 aromatic rings. The van der Waals surface area contributed by atoms with Gasteiger partial charge in [-0.1, -0.05) is 49.1 Å². The van der Waals surface area contributed by atoms with Crippen molar-refractivity contribution in [3.63, 3.8) is 0 Å². The highest BCUT2D eigenvalue weighted by Crippen LogP contribution is 2.24. The van der Waals surface area contributed by atoms with Gasteiger partial charge in [0.1, 0.15) is 0 Å². The van der Waals surface area contributed by atoms with E-state index in [-0.39, 0.29) is 29.8 Å². The van der Waals surface area contributed by atoms with Crippen molar-refractivity contribution >= 4 is 17.8 Å². The molecule has 2 heterocycles. The Bertz CT molecular complexity index is 811. The van der Waals surface area contributed by atoms with Gasteiger partial charge in [-0.05, 0) is 38.2 Å². The molecular weight excluding hydrogens is 404 g/mol. The van der Waals surface area contributed by atoms with Crippen molar-refractivity contribution in [2.24, 2.45) is 5.92 Å². The molecule has 1 atom stereocenters. The molecule has 3 aliphatic rings. The van der Waals surface area contributed by atoms with Gasteiger partial charge in [-0.2, -0.15) is 0 Å². The predicted molar refractivity (Wildman–Crippen MR) is 123 cm³/mol. The molecule has 2 N–H and O–H groups in total. The van der Waals surface area contributed by atoms with Crippen LogP contribution >= 0.6 is 0 Å². The van der Waals surface area contributed by atoms with Gasteiger partial charge in [0.05, 0.1) is 5.92 Å². The number of nitrogens with zero attached hydrogens (tertiary/aromatic N) is 2. The molecule has 4 rings (SSSR count). The first-order valence-electron chi connectivity index (χ1n) is 12.2. The Labute approximate surface area is 190 Å². The van der Waals surface area contributed by atoms with E-state index in [0.717, 1.165) is 31.2 Å². The second-order valence-corrected chi connectivity index (χ2v) is 9.71. The van der Waals surface area contributed by atoms with Crippen LogP contribution < -0.4 is 10.6 Å². The number of benzene rings is 1. The fourth-order valence-corrected chi connectivity index (χ4v) is 5.17. The fourth-order valence-electron chi connectivity index (χ4n) is 5.17. The van der Waals surface area contributed by atoms with Gasteiger partial charge in [0.2, 0.25) is 11.8 Å². The molecule has 7 heteroatoms. The van der Waals surface area contributed by atoms with Gasteiger partial charge in [-0.3, -0.25) is 9.59 Å². The molecule has 0 radical (unpaired) electrons. The summed E-state index contributed by atoms with van der Waals surface area (Å²) in [6.07, 6.45) is 7.61. The number of rotatable bonds is 5. The number of urea groups is 1. The van der Waals surface area contributed by atoms with Gasteiger partial charge < -0.3 is 20.4 Å². The molecule has 0 aromatic heterocycles. The molecule has 4 amide bonds. The lowest BCUT2D eigenvalue weighted by atomic mass is 9.96. The molecule has 174 valence electrons. The number of piperidine rings is 1. The van der Waals surface area contributed by atoms with E-state index in [0.29, 0.717) is 38.6 Å². The van der Waals surface area contributed by atoms with Crippen LogP contribution in [0, 0.1) is 12.8 Å². The molecule has 1 unspecified atom stereocenters. The Kier molecular flexibility index (Phi) is 7.33. The summed E-state index contributed by atoms with van der Waals surface area (Å²) in [5.74, 6) is -0.123. The first kappa shape index (κ1) is 22.6. The number of carbonyl (C=O) groups is 3. The van der Waals surface area contributed by atoms with Crippen molar-refractivity contribution in [2.75, 3.05) is 19.6 Å². The number of carbonyl (C=O) groups excluding carboxylic acids is 3. The number of hydrogen-bond acceptors (Lipinski definition) is 3. The largest absolute Gasteiger partial charge is 0.342 e. The number of aryl methyl sites for hydroxylation is 1. The minimum atomic E-state index is -0.257. The second kappa shape index (κ2) is 10.4. The summed E-state index contributed by atoms with van der Waals surface area (Å²) >= 11 is 0. The number of amides is 4. The van der Waals surface area contributed by atoms with E-state index in [1.54, 1.807) is 4.90 Å². The van der Waals surface area contributed by atoms with E-state index < -0.39 is 0 Å². The number of nitrogens with one attached hydrogen (secondary N) is 2. The highest BCUT2D eigenvalue weighted by Gasteiger charge is 2.37. The highest BCUT2D eigenvalue weighted by atomic mass is 16.2. The highest BCUT2D eigenvalue weighted by molar-refractivity contribution is 5.89. The summed E-state index contributed by atoms with van der Waals surface area (Å²) in [4.78, 5) is 41.5. The van der Waals surface area contributed by atoms with Crippen molar-refractivity contribution in [2.45, 2.75) is 76.9 Å². The molecule has 2 aliphatic heterocycles. The summed E-state index contributed by atoms with van der Waals surface area (Å²) in [6, 6.07) is 8.51. The van der Waals surface area contributed by atoms with Crippen LogP contribution in [0.3, 0.4) is 0 Å². The van der Waals surface area contributed by atoms with Gasteiger partial charge in [0.25, 0.3) is 0 Å². The van der Waals surface area contributed by atoms with Crippen LogP contribution in [-0.4, -0.2) is 59.4 Å². The normalized spacial score (nSPS) is 22.8. The molecule has 0 bridgehead atoms. The summed E-state index contributed by atoms with van der Waals surface area (Å²) in [5, 5.41) is 6.19. The van der Waals surface area contributed by atoms with Crippen LogP contribution in [0.1, 0.15) is 62.5 Å². The van der Waals surface area contributed by atoms with Crippen LogP contribution in [0.15, 0.2) is 24.3 Å². The van der Waals surface area contributed by atoms with Crippen LogP contribution in [0.4, 0.5) is 4.79 Å². The molecule has 7 nitrogen and oxygen atoms in total. The van der Waals surface area contributed by atoms with E-state index in [4.69, 9.17) is 0 Å². The molecule has 3 fully saturated rings. The van der Waals surface area contributed by atoms with Gasteiger partial charge in [0.15, 0.2) is 0 Å². The van der Waals surface area contributed by atoms with Gasteiger partial charge in [0, 0.05) is 44.7 Å². The Balaban J connectivity index is 1.20. The zero-order valence-electron chi connectivity index (χ0n) is 19.1. The molecule has 1 saturated carbocycles. The third-order valence-corrected chi connectivity index (χ3v) is 7.14. The van der Waals surface area contributed by atoms with Crippen molar-refractivity contribution in [3.8, 4) is 0 Å². The van der Waals surface area contributed by atoms with E-state index in [1.165, 1.54) is 24.8 Å². The van der Waals surface area contributed by atoms with Crippen LogP contribution in [-0.2, 0) is 16.1 Å². The van der Waals surface area contributed by atoms with Gasteiger partial charge >= 0.3 is 6.03 Å². The molecule has 1 aliphatic carbocycles. The van der Waals surface area contributed by atoms with E-state index in [1.807, 2.05) is 36.1 Å². The third-order valence-electron chi connectivity index (χ3n) is 7.14. The maximum absolute atomic E-state index is 13.0. The van der Waals surface area contributed by atoms with Crippen molar-refractivity contribution in [1.82, 2.24) is 20.4 Å². The predicted octanol–water partition coefficient (Wildman–Crippen LogP) is 2.97. The average molecular weight is 441 g/mol. The molecule has 2 saturated heterocycles. The summed E-state index contributed by atoms with van der Waals surface area (Å²) in [7, 11) is 0. The molecule has 32 heavy (non-hydrogen) atoms.